The van der Waals surface area contributed by atoms with Gasteiger partial charge in [0.1, 0.15) is 0 Å². The predicted octanol–water partition coefficient (Wildman–Crippen LogP) is 5.76. The molecule has 0 unspecified atom stereocenters. The van der Waals surface area contributed by atoms with Gasteiger partial charge < -0.3 is 18.9 Å². The second-order valence-electron chi connectivity index (χ2n) is 7.16. The highest BCUT2D eigenvalue weighted by Crippen LogP contribution is 2.41. The molecule has 1 aromatic heterocycles. The molecule has 4 aromatic rings. The van der Waals surface area contributed by atoms with Crippen molar-refractivity contribution in [1.82, 2.24) is 4.98 Å². The van der Waals surface area contributed by atoms with Crippen molar-refractivity contribution in [2.75, 3.05) is 33.8 Å². The van der Waals surface area contributed by atoms with Crippen molar-refractivity contribution in [2.24, 2.45) is 0 Å². The van der Waals surface area contributed by atoms with E-state index in [0.717, 1.165) is 21.7 Å². The monoisotopic (exact) mass is 476 g/mol. The second kappa shape index (κ2) is 10.3. The van der Waals surface area contributed by atoms with E-state index in [2.05, 4.69) is 5.32 Å². The number of ether oxygens (including phenoxy) is 4. The molecular weight excluding hydrogens is 452 g/mol. The first-order valence-electron chi connectivity index (χ1n) is 10.4. The Balaban J connectivity index is 1.73. The molecule has 1 heterocycles. The molecule has 0 fully saturated rings. The minimum atomic E-state index is -0.298. The Morgan fingerprint density at radius 3 is 2.00 bits per heavy atom. The molecule has 174 valence electrons. The van der Waals surface area contributed by atoms with E-state index in [4.69, 9.17) is 23.9 Å². The maximum absolute atomic E-state index is 13.0. The van der Waals surface area contributed by atoms with Crippen molar-refractivity contribution < 1.29 is 23.7 Å². The van der Waals surface area contributed by atoms with Crippen molar-refractivity contribution in [3.8, 4) is 44.7 Å². The summed E-state index contributed by atoms with van der Waals surface area (Å²) in [6.07, 6.45) is 0. The highest BCUT2D eigenvalue weighted by atomic mass is 32.1. The van der Waals surface area contributed by atoms with Crippen molar-refractivity contribution in [1.29, 1.82) is 0 Å². The first kappa shape index (κ1) is 23.1. The first-order chi connectivity index (χ1) is 16.6. The molecule has 0 aliphatic heterocycles. The third kappa shape index (κ3) is 4.67. The van der Waals surface area contributed by atoms with Crippen LogP contribution >= 0.6 is 11.3 Å². The summed E-state index contributed by atoms with van der Waals surface area (Å²) in [5.74, 6) is 1.96. The Morgan fingerprint density at radius 2 is 1.35 bits per heavy atom. The summed E-state index contributed by atoms with van der Waals surface area (Å²) >= 11 is 1.40. The van der Waals surface area contributed by atoms with E-state index in [0.29, 0.717) is 33.7 Å². The summed E-state index contributed by atoms with van der Waals surface area (Å²) in [7, 11) is 6.27. The van der Waals surface area contributed by atoms with Gasteiger partial charge in [-0.05, 0) is 42.0 Å². The summed E-state index contributed by atoms with van der Waals surface area (Å²) in [4.78, 5) is 18.7. The van der Waals surface area contributed by atoms with Crippen LogP contribution in [-0.4, -0.2) is 39.3 Å². The van der Waals surface area contributed by atoms with Gasteiger partial charge in [-0.25, -0.2) is 4.98 Å². The molecule has 0 saturated heterocycles. The van der Waals surface area contributed by atoms with Crippen molar-refractivity contribution in [3.05, 3.63) is 72.3 Å². The molecule has 1 amide bonds. The summed E-state index contributed by atoms with van der Waals surface area (Å²) in [5, 5.41) is 3.39. The van der Waals surface area contributed by atoms with E-state index in [-0.39, 0.29) is 5.91 Å². The van der Waals surface area contributed by atoms with Crippen LogP contribution in [0.25, 0.3) is 21.7 Å². The molecular formula is C26H24N2O5S. The van der Waals surface area contributed by atoms with Crippen molar-refractivity contribution in [3.63, 3.8) is 0 Å². The van der Waals surface area contributed by atoms with Gasteiger partial charge in [-0.2, -0.15) is 0 Å². The molecule has 4 rings (SSSR count). The average Bonchev–Trinajstić information content (AvgIpc) is 3.31. The number of nitrogens with one attached hydrogen (secondary N) is 1. The zero-order valence-electron chi connectivity index (χ0n) is 19.2. The van der Waals surface area contributed by atoms with Crippen LogP contribution in [0, 0.1) is 0 Å². The van der Waals surface area contributed by atoms with E-state index < -0.39 is 0 Å². The van der Waals surface area contributed by atoms with Gasteiger partial charge in [0.15, 0.2) is 28.1 Å². The average molecular weight is 477 g/mol. The van der Waals surface area contributed by atoms with Gasteiger partial charge in [-0.1, -0.05) is 41.7 Å². The number of carbonyl (C=O) groups is 1. The molecule has 0 radical (unpaired) electrons. The third-order valence-electron chi connectivity index (χ3n) is 5.19. The maximum Gasteiger partial charge on any atom is 0.257 e. The second-order valence-corrected chi connectivity index (χ2v) is 8.16. The van der Waals surface area contributed by atoms with Gasteiger partial charge in [0.05, 0.1) is 39.0 Å². The number of rotatable bonds is 8. The fourth-order valence-electron chi connectivity index (χ4n) is 3.48. The number of amides is 1. The van der Waals surface area contributed by atoms with Crippen LogP contribution in [0.4, 0.5) is 5.13 Å². The number of anilines is 1. The minimum absolute atomic E-state index is 0.298. The Kier molecular flexibility index (Phi) is 6.98. The van der Waals surface area contributed by atoms with E-state index in [1.807, 2.05) is 48.5 Å². The van der Waals surface area contributed by atoms with Gasteiger partial charge in [-0.15, -0.1) is 0 Å². The number of hydrogen-bond donors (Lipinski definition) is 1. The Labute approximate surface area is 201 Å². The van der Waals surface area contributed by atoms with Crippen LogP contribution in [0.15, 0.2) is 66.7 Å². The summed E-state index contributed by atoms with van der Waals surface area (Å²) in [6, 6.07) is 20.6. The van der Waals surface area contributed by atoms with Gasteiger partial charge in [0.2, 0.25) is 0 Å². The number of hydrogen-bond acceptors (Lipinski definition) is 7. The van der Waals surface area contributed by atoms with Crippen molar-refractivity contribution in [2.45, 2.75) is 0 Å². The first-order valence-corrected chi connectivity index (χ1v) is 11.2. The quantitative estimate of drug-likeness (QED) is 0.348. The van der Waals surface area contributed by atoms with Crippen LogP contribution < -0.4 is 24.3 Å². The fourth-order valence-corrected chi connectivity index (χ4v) is 4.47. The van der Waals surface area contributed by atoms with Gasteiger partial charge in [0, 0.05) is 11.1 Å². The van der Waals surface area contributed by atoms with E-state index in [1.54, 1.807) is 39.5 Å². The molecule has 0 spiro atoms. The third-order valence-corrected chi connectivity index (χ3v) is 6.21. The van der Waals surface area contributed by atoms with E-state index >= 15 is 0 Å². The number of thiazole rings is 1. The highest BCUT2D eigenvalue weighted by Gasteiger charge is 2.19. The van der Waals surface area contributed by atoms with Gasteiger partial charge >= 0.3 is 0 Å². The van der Waals surface area contributed by atoms with Crippen LogP contribution in [0.2, 0.25) is 0 Å². The summed E-state index contributed by atoms with van der Waals surface area (Å²) in [5.41, 5.74) is 3.01. The molecule has 3 aromatic carbocycles. The number of methoxy groups -OCH3 is 4. The smallest absolute Gasteiger partial charge is 0.257 e. The molecule has 7 nitrogen and oxygen atoms in total. The van der Waals surface area contributed by atoms with Crippen LogP contribution in [0.1, 0.15) is 10.4 Å². The molecule has 34 heavy (non-hydrogen) atoms. The van der Waals surface area contributed by atoms with E-state index in [9.17, 15) is 4.79 Å². The van der Waals surface area contributed by atoms with Crippen LogP contribution in [0.3, 0.4) is 0 Å². The van der Waals surface area contributed by atoms with Gasteiger partial charge in [0.25, 0.3) is 5.91 Å². The van der Waals surface area contributed by atoms with E-state index in [1.165, 1.54) is 18.4 Å². The predicted molar refractivity (Wildman–Crippen MR) is 134 cm³/mol. The maximum atomic E-state index is 13.0. The number of benzene rings is 3. The fraction of sp³-hybridized carbons (Fsp3) is 0.154. The number of aromatic nitrogens is 1. The molecule has 8 heteroatoms. The number of nitrogens with zero attached hydrogens (tertiary/aromatic N) is 1. The van der Waals surface area contributed by atoms with Crippen LogP contribution in [0.5, 0.6) is 23.0 Å². The normalized spacial score (nSPS) is 10.5. The number of carbonyl (C=O) groups excluding carboxylic acids is 1. The lowest BCUT2D eigenvalue weighted by molar-refractivity contribution is 0.102. The largest absolute Gasteiger partial charge is 0.493 e. The highest BCUT2D eigenvalue weighted by molar-refractivity contribution is 7.19. The summed E-state index contributed by atoms with van der Waals surface area (Å²) < 4.78 is 21.4. The Morgan fingerprint density at radius 1 is 0.735 bits per heavy atom. The lowest BCUT2D eigenvalue weighted by atomic mass is 10.1. The lowest BCUT2D eigenvalue weighted by Gasteiger charge is -2.09. The molecule has 0 saturated carbocycles. The topological polar surface area (TPSA) is 78.9 Å². The lowest BCUT2D eigenvalue weighted by Crippen LogP contribution is -2.12. The van der Waals surface area contributed by atoms with Crippen LogP contribution in [-0.2, 0) is 0 Å². The Bertz CT molecular complexity index is 1300. The standard InChI is InChI=1S/C26H24N2O5S/c1-30-19-12-10-17(14-21(19)32-3)23-24(16-8-6-5-7-9-16)34-26(27-23)28-25(29)18-11-13-20(31-2)22(15-18)33-4/h5-15H,1-4H3,(H,27,28,29). The molecule has 0 aliphatic carbocycles. The SMILES string of the molecule is COc1ccc(C(=O)Nc2nc(-c3ccc(OC)c(OC)c3)c(-c3ccccc3)s2)cc1OC. The molecule has 0 bridgehead atoms. The van der Waals surface area contributed by atoms with Gasteiger partial charge in [-0.3, -0.25) is 10.1 Å². The molecule has 0 atom stereocenters. The minimum Gasteiger partial charge on any atom is -0.493 e. The zero-order valence-corrected chi connectivity index (χ0v) is 20.1. The molecule has 1 N–H and O–H groups in total. The zero-order chi connectivity index (χ0) is 24.1. The molecule has 0 aliphatic rings. The summed E-state index contributed by atoms with van der Waals surface area (Å²) in [6.45, 7) is 0. The van der Waals surface area contributed by atoms with Crippen molar-refractivity contribution >= 4 is 22.4 Å². The Hall–Kier alpha value is -4.04.